The van der Waals surface area contributed by atoms with E-state index in [2.05, 4.69) is 4.74 Å². The molecule has 0 aliphatic rings. The fourth-order valence-electron chi connectivity index (χ4n) is 1.09. The van der Waals surface area contributed by atoms with Crippen LogP contribution >= 0.6 is 0 Å². The summed E-state index contributed by atoms with van der Waals surface area (Å²) in [5, 5.41) is 0. The van der Waals surface area contributed by atoms with Crippen molar-refractivity contribution in [2.24, 2.45) is 5.92 Å². The lowest BCUT2D eigenvalue weighted by molar-refractivity contribution is -0.120. The smallest absolute Gasteiger partial charge is 0.298 e. The van der Waals surface area contributed by atoms with Crippen molar-refractivity contribution in [2.45, 2.75) is 13.8 Å². The third kappa shape index (κ3) is 2.42. The van der Waals surface area contributed by atoms with E-state index in [1.54, 1.807) is 24.3 Å². The van der Waals surface area contributed by atoms with Crippen molar-refractivity contribution in [3.05, 3.63) is 29.8 Å². The molecule has 0 fully saturated rings. The van der Waals surface area contributed by atoms with Crippen LogP contribution in [0.3, 0.4) is 0 Å². The highest BCUT2D eigenvalue weighted by Crippen LogP contribution is 2.14. The van der Waals surface area contributed by atoms with Gasteiger partial charge in [-0.3, -0.25) is 9.59 Å². The Bertz CT molecular complexity index is 325. The van der Waals surface area contributed by atoms with Crippen LogP contribution in [-0.4, -0.2) is 12.3 Å². The first-order valence-corrected chi connectivity index (χ1v) is 4.39. The van der Waals surface area contributed by atoms with Gasteiger partial charge in [0.2, 0.25) is 0 Å². The molecule has 0 unspecified atom stereocenters. The number of carbonyl (C=O) groups is 2. The molecule has 0 amide bonds. The number of Topliss-reactive ketones (excluding diaryl/α,β-unsaturated/α-hetero) is 1. The summed E-state index contributed by atoms with van der Waals surface area (Å²) in [6, 6.07) is 6.51. The van der Waals surface area contributed by atoms with Gasteiger partial charge in [-0.1, -0.05) is 13.8 Å². The molecule has 0 heterocycles. The van der Waals surface area contributed by atoms with E-state index in [0.717, 1.165) is 0 Å². The van der Waals surface area contributed by atoms with E-state index in [0.29, 0.717) is 17.8 Å². The number of carbonyl (C=O) groups excluding carboxylic acids is 2. The summed E-state index contributed by atoms with van der Waals surface area (Å²) in [5.74, 6) is 0.510. The van der Waals surface area contributed by atoms with E-state index in [1.165, 1.54) is 0 Å². The van der Waals surface area contributed by atoms with Gasteiger partial charge in [0.1, 0.15) is 5.75 Å². The van der Waals surface area contributed by atoms with Gasteiger partial charge in [-0.2, -0.15) is 0 Å². The maximum Gasteiger partial charge on any atom is 0.298 e. The molecule has 1 rings (SSSR count). The Kier molecular flexibility index (Phi) is 3.40. The Morgan fingerprint density at radius 3 is 2.29 bits per heavy atom. The van der Waals surface area contributed by atoms with Crippen LogP contribution in [0.5, 0.6) is 5.75 Å². The van der Waals surface area contributed by atoms with Crippen LogP contribution in [0.2, 0.25) is 0 Å². The van der Waals surface area contributed by atoms with Crippen LogP contribution in [0, 0.1) is 5.92 Å². The molecular weight excluding hydrogens is 180 g/mol. The molecule has 1 aromatic rings. The lowest BCUT2D eigenvalue weighted by Crippen LogP contribution is -2.06. The van der Waals surface area contributed by atoms with Crippen LogP contribution in [0.15, 0.2) is 24.3 Å². The number of ketones is 1. The molecule has 0 N–H and O–H groups in total. The summed E-state index contributed by atoms with van der Waals surface area (Å²) in [5.41, 5.74) is 0.637. The Morgan fingerprint density at radius 1 is 1.29 bits per heavy atom. The first-order valence-electron chi connectivity index (χ1n) is 4.39. The monoisotopic (exact) mass is 192 g/mol. The van der Waals surface area contributed by atoms with Gasteiger partial charge in [0.05, 0.1) is 0 Å². The zero-order valence-electron chi connectivity index (χ0n) is 8.19. The highest BCUT2D eigenvalue weighted by Gasteiger charge is 2.09. The van der Waals surface area contributed by atoms with Gasteiger partial charge < -0.3 is 4.74 Å². The molecule has 3 nitrogen and oxygen atoms in total. The topological polar surface area (TPSA) is 43.4 Å². The Hall–Kier alpha value is -1.64. The number of benzene rings is 1. The second-order valence-corrected chi connectivity index (χ2v) is 3.26. The summed E-state index contributed by atoms with van der Waals surface area (Å²) in [6.45, 7) is 4.05. The Morgan fingerprint density at radius 2 is 1.86 bits per heavy atom. The maximum atomic E-state index is 11.5. The van der Waals surface area contributed by atoms with Gasteiger partial charge in [0.15, 0.2) is 5.78 Å². The fourth-order valence-corrected chi connectivity index (χ4v) is 1.09. The third-order valence-corrected chi connectivity index (χ3v) is 1.85. The zero-order valence-corrected chi connectivity index (χ0v) is 8.19. The molecule has 1 aromatic carbocycles. The van der Waals surface area contributed by atoms with E-state index >= 15 is 0 Å². The summed E-state index contributed by atoms with van der Waals surface area (Å²) in [7, 11) is 0. The molecule has 74 valence electrons. The van der Waals surface area contributed by atoms with Crippen molar-refractivity contribution < 1.29 is 14.3 Å². The highest BCUT2D eigenvalue weighted by atomic mass is 16.5. The van der Waals surface area contributed by atoms with Gasteiger partial charge in [-0.15, -0.1) is 0 Å². The van der Waals surface area contributed by atoms with Gasteiger partial charge in [0, 0.05) is 11.5 Å². The number of ether oxygens (including phenoxy) is 1. The highest BCUT2D eigenvalue weighted by molar-refractivity contribution is 5.97. The number of hydrogen-bond donors (Lipinski definition) is 0. The van der Waals surface area contributed by atoms with Crippen LogP contribution in [0.4, 0.5) is 0 Å². The average molecular weight is 192 g/mol. The average Bonchev–Trinajstić information content (AvgIpc) is 2.18. The summed E-state index contributed by atoms with van der Waals surface area (Å²) < 4.78 is 4.61. The first-order chi connectivity index (χ1) is 6.65. The van der Waals surface area contributed by atoms with Crippen molar-refractivity contribution in [3.63, 3.8) is 0 Å². The maximum absolute atomic E-state index is 11.5. The van der Waals surface area contributed by atoms with Crippen LogP contribution in [0.25, 0.3) is 0 Å². The lowest BCUT2D eigenvalue weighted by atomic mass is 10.0. The first kappa shape index (κ1) is 10.4. The zero-order chi connectivity index (χ0) is 10.6. The van der Waals surface area contributed by atoms with Crippen molar-refractivity contribution in [1.82, 2.24) is 0 Å². The van der Waals surface area contributed by atoms with Crippen molar-refractivity contribution in [2.75, 3.05) is 0 Å². The number of rotatable bonds is 4. The summed E-state index contributed by atoms with van der Waals surface area (Å²) >= 11 is 0. The third-order valence-electron chi connectivity index (χ3n) is 1.85. The normalized spacial score (nSPS) is 9.93. The van der Waals surface area contributed by atoms with E-state index in [-0.39, 0.29) is 11.7 Å². The van der Waals surface area contributed by atoms with Gasteiger partial charge in [-0.05, 0) is 24.3 Å². The molecule has 0 radical (unpaired) electrons. The van der Waals surface area contributed by atoms with Gasteiger partial charge in [0.25, 0.3) is 6.47 Å². The minimum atomic E-state index is -0.0205. The lowest BCUT2D eigenvalue weighted by Gasteiger charge is -2.04. The van der Waals surface area contributed by atoms with Gasteiger partial charge in [-0.25, -0.2) is 0 Å². The van der Waals surface area contributed by atoms with Crippen molar-refractivity contribution in [3.8, 4) is 5.75 Å². The van der Waals surface area contributed by atoms with Crippen molar-refractivity contribution >= 4 is 12.3 Å². The van der Waals surface area contributed by atoms with Crippen molar-refractivity contribution in [1.29, 1.82) is 0 Å². The Labute approximate surface area is 82.7 Å². The van der Waals surface area contributed by atoms with E-state index in [1.807, 2.05) is 13.8 Å². The fraction of sp³-hybridized carbons (Fsp3) is 0.273. The SMILES string of the molecule is CC(C)C(=O)c1ccc(OC=O)cc1. The summed E-state index contributed by atoms with van der Waals surface area (Å²) in [6.07, 6.45) is 0. The molecule has 0 aromatic heterocycles. The molecule has 0 spiro atoms. The largest absolute Gasteiger partial charge is 0.429 e. The predicted octanol–water partition coefficient (Wildman–Crippen LogP) is 2.06. The number of hydrogen-bond acceptors (Lipinski definition) is 3. The second-order valence-electron chi connectivity index (χ2n) is 3.26. The minimum Gasteiger partial charge on any atom is -0.429 e. The van der Waals surface area contributed by atoms with E-state index in [4.69, 9.17) is 0 Å². The van der Waals surface area contributed by atoms with Gasteiger partial charge >= 0.3 is 0 Å². The molecule has 0 aliphatic heterocycles. The second kappa shape index (κ2) is 4.56. The van der Waals surface area contributed by atoms with Crippen LogP contribution < -0.4 is 4.74 Å². The Balaban J connectivity index is 2.82. The van der Waals surface area contributed by atoms with Crippen LogP contribution in [0.1, 0.15) is 24.2 Å². The molecule has 0 saturated carbocycles. The quantitative estimate of drug-likeness (QED) is 0.541. The standard InChI is InChI=1S/C11H12O3/c1-8(2)11(13)9-3-5-10(6-4-9)14-7-12/h3-8H,1-2H3. The van der Waals surface area contributed by atoms with Crippen LogP contribution in [-0.2, 0) is 4.79 Å². The molecular formula is C11H12O3. The minimum absolute atomic E-state index is 0.0205. The molecule has 0 bridgehead atoms. The molecule has 0 saturated heterocycles. The summed E-state index contributed by atoms with van der Waals surface area (Å²) in [4.78, 5) is 21.5. The molecule has 14 heavy (non-hydrogen) atoms. The molecule has 0 aliphatic carbocycles. The molecule has 0 atom stereocenters. The molecule has 3 heteroatoms. The van der Waals surface area contributed by atoms with E-state index < -0.39 is 0 Å². The van der Waals surface area contributed by atoms with E-state index in [9.17, 15) is 9.59 Å². The predicted molar refractivity (Wildman–Crippen MR) is 52.3 cm³/mol.